The van der Waals surface area contributed by atoms with E-state index < -0.39 is 0 Å². The molecule has 0 saturated heterocycles. The van der Waals surface area contributed by atoms with Crippen molar-refractivity contribution in [3.63, 3.8) is 0 Å². The number of rotatable bonds is 8. The number of nitrogens with one attached hydrogen (secondary N) is 2. The number of aryl methyl sites for hydroxylation is 2. The van der Waals surface area contributed by atoms with Crippen molar-refractivity contribution < 1.29 is 4.79 Å². The molecule has 24 heavy (non-hydrogen) atoms. The Morgan fingerprint density at radius 1 is 1.25 bits per heavy atom. The molecule has 0 aliphatic heterocycles. The van der Waals surface area contributed by atoms with E-state index in [1.807, 2.05) is 21.0 Å². The predicted molar refractivity (Wildman–Crippen MR) is 90.0 cm³/mol. The van der Waals surface area contributed by atoms with E-state index in [1.54, 1.807) is 22.7 Å². The second-order valence-corrected chi connectivity index (χ2v) is 5.45. The van der Waals surface area contributed by atoms with Gasteiger partial charge in [-0.2, -0.15) is 15.0 Å². The van der Waals surface area contributed by atoms with Gasteiger partial charge in [-0.05, 0) is 13.3 Å². The molecule has 0 unspecified atom stereocenters. The zero-order valence-electron chi connectivity index (χ0n) is 14.4. The Morgan fingerprint density at radius 3 is 2.75 bits per heavy atom. The molecule has 1 amide bonds. The van der Waals surface area contributed by atoms with Gasteiger partial charge in [-0.1, -0.05) is 12.1 Å². The average molecular weight is 333 g/mol. The smallest absolute Gasteiger partial charge is 0.273 e. The van der Waals surface area contributed by atoms with Gasteiger partial charge in [0.2, 0.25) is 11.9 Å². The maximum Gasteiger partial charge on any atom is 0.273 e. The molecule has 0 radical (unpaired) electrons. The molecule has 0 aromatic carbocycles. The van der Waals surface area contributed by atoms with Crippen LogP contribution in [0.2, 0.25) is 0 Å². The Balaban J connectivity index is 1.81. The van der Waals surface area contributed by atoms with E-state index in [1.165, 1.54) is 0 Å². The molecule has 2 aromatic rings. The van der Waals surface area contributed by atoms with Crippen LogP contribution in [0.5, 0.6) is 0 Å². The largest absolute Gasteiger partial charge is 0.352 e. The van der Waals surface area contributed by atoms with Crippen LogP contribution in [0.25, 0.3) is 0 Å². The first-order chi connectivity index (χ1) is 11.5. The first-order valence-corrected chi connectivity index (χ1v) is 7.81. The van der Waals surface area contributed by atoms with Crippen LogP contribution in [-0.2, 0) is 6.54 Å². The van der Waals surface area contributed by atoms with Gasteiger partial charge in [-0.3, -0.25) is 9.48 Å². The number of hydrogen-bond donors (Lipinski definition) is 2. The van der Waals surface area contributed by atoms with Crippen molar-refractivity contribution in [1.29, 1.82) is 0 Å². The summed E-state index contributed by atoms with van der Waals surface area (Å²) in [6.07, 6.45) is 2.58. The summed E-state index contributed by atoms with van der Waals surface area (Å²) in [5.74, 6) is 1.45. The fourth-order valence-electron chi connectivity index (χ4n) is 1.93. The topological polar surface area (TPSA) is 114 Å². The van der Waals surface area contributed by atoms with E-state index in [2.05, 4.69) is 35.9 Å². The minimum absolute atomic E-state index is 0.250. The van der Waals surface area contributed by atoms with E-state index in [4.69, 9.17) is 0 Å². The lowest BCUT2D eigenvalue weighted by molar-refractivity contribution is 0.0950. The third-order valence-electron chi connectivity index (χ3n) is 3.05. The highest BCUT2D eigenvalue weighted by molar-refractivity contribution is 5.91. The van der Waals surface area contributed by atoms with Crippen molar-refractivity contribution >= 4 is 17.8 Å². The summed E-state index contributed by atoms with van der Waals surface area (Å²) in [6.45, 7) is 5.50. The Morgan fingerprint density at radius 2 is 2.04 bits per heavy atom. The van der Waals surface area contributed by atoms with Crippen LogP contribution < -0.4 is 15.5 Å². The van der Waals surface area contributed by atoms with Gasteiger partial charge in [-0.25, -0.2) is 0 Å². The van der Waals surface area contributed by atoms with Crippen LogP contribution in [0.3, 0.4) is 0 Å². The molecule has 0 atom stereocenters. The number of hydrogen-bond acceptors (Lipinski definition) is 8. The number of amides is 1. The summed E-state index contributed by atoms with van der Waals surface area (Å²) in [6, 6.07) is 0. The summed E-state index contributed by atoms with van der Waals surface area (Å²) in [7, 11) is 3.73. The van der Waals surface area contributed by atoms with Crippen LogP contribution in [-0.4, -0.2) is 63.0 Å². The molecular weight excluding hydrogens is 310 g/mol. The van der Waals surface area contributed by atoms with Crippen LogP contribution in [0.4, 0.5) is 11.9 Å². The minimum Gasteiger partial charge on any atom is -0.352 e. The Bertz CT molecular complexity index is 683. The fourth-order valence-corrected chi connectivity index (χ4v) is 1.93. The van der Waals surface area contributed by atoms with E-state index in [0.29, 0.717) is 36.5 Å². The maximum absolute atomic E-state index is 12.0. The van der Waals surface area contributed by atoms with E-state index in [9.17, 15) is 4.79 Å². The molecule has 0 saturated carbocycles. The molecule has 2 rings (SSSR count). The lowest BCUT2D eigenvalue weighted by Gasteiger charge is -2.12. The second-order valence-electron chi connectivity index (χ2n) is 5.45. The molecular formula is C14H23N9O. The van der Waals surface area contributed by atoms with Gasteiger partial charge in [0.1, 0.15) is 5.82 Å². The number of nitrogens with zero attached hydrogens (tertiary/aromatic N) is 7. The van der Waals surface area contributed by atoms with Gasteiger partial charge >= 0.3 is 0 Å². The first-order valence-electron chi connectivity index (χ1n) is 7.81. The van der Waals surface area contributed by atoms with Gasteiger partial charge in [-0.15, -0.1) is 5.10 Å². The lowest BCUT2D eigenvalue weighted by atomic mass is 10.4. The zero-order chi connectivity index (χ0) is 17.5. The Labute approximate surface area is 140 Å². The summed E-state index contributed by atoms with van der Waals surface area (Å²) in [5, 5.41) is 13.6. The second kappa shape index (κ2) is 8.18. The van der Waals surface area contributed by atoms with Crippen molar-refractivity contribution in [2.45, 2.75) is 26.8 Å². The van der Waals surface area contributed by atoms with Gasteiger partial charge in [0.25, 0.3) is 5.91 Å². The van der Waals surface area contributed by atoms with Crippen molar-refractivity contribution in [3.05, 3.63) is 17.7 Å². The monoisotopic (exact) mass is 333 g/mol. The summed E-state index contributed by atoms with van der Waals surface area (Å²) >= 11 is 0. The third kappa shape index (κ3) is 4.86. The molecule has 10 nitrogen and oxygen atoms in total. The van der Waals surface area contributed by atoms with Crippen molar-refractivity contribution in [2.75, 3.05) is 37.4 Å². The number of carbonyl (C=O) groups is 1. The van der Waals surface area contributed by atoms with Crippen LogP contribution in [0.15, 0.2) is 6.20 Å². The molecule has 2 heterocycles. The maximum atomic E-state index is 12.0. The normalized spacial score (nSPS) is 10.5. The van der Waals surface area contributed by atoms with Crippen molar-refractivity contribution in [2.24, 2.45) is 0 Å². The number of anilines is 2. The standard InChI is InChI=1S/C14H23N9O/c1-5-8-23-9-11(20-21-23)12(24)15-6-7-16-13-17-10(2)18-14(19-13)22(3)4/h9H,5-8H2,1-4H3,(H,15,24)(H,16,17,18,19). The number of carbonyl (C=O) groups excluding carboxylic acids is 1. The van der Waals surface area contributed by atoms with Gasteiger partial charge < -0.3 is 15.5 Å². The molecule has 10 heteroatoms. The van der Waals surface area contributed by atoms with Crippen molar-refractivity contribution in [1.82, 2.24) is 35.3 Å². The van der Waals surface area contributed by atoms with E-state index in [0.717, 1.165) is 13.0 Å². The zero-order valence-corrected chi connectivity index (χ0v) is 14.4. The Kier molecular flexibility index (Phi) is 5.99. The van der Waals surface area contributed by atoms with Gasteiger partial charge in [0.05, 0.1) is 6.20 Å². The van der Waals surface area contributed by atoms with E-state index in [-0.39, 0.29) is 5.91 Å². The van der Waals surface area contributed by atoms with Crippen LogP contribution >= 0.6 is 0 Å². The van der Waals surface area contributed by atoms with Gasteiger partial charge in [0.15, 0.2) is 5.69 Å². The quantitative estimate of drug-likeness (QED) is 0.653. The predicted octanol–water partition coefficient (Wildman–Crippen LogP) is 0.0894. The molecule has 0 bridgehead atoms. The molecule has 130 valence electrons. The summed E-state index contributed by atoms with van der Waals surface area (Å²) in [4.78, 5) is 26.5. The fraction of sp³-hybridized carbons (Fsp3) is 0.571. The lowest BCUT2D eigenvalue weighted by Crippen LogP contribution is -2.29. The molecule has 2 N–H and O–H groups in total. The Hall–Kier alpha value is -2.78. The molecule has 0 fully saturated rings. The van der Waals surface area contributed by atoms with Gasteiger partial charge in [0, 0.05) is 33.7 Å². The number of aromatic nitrogens is 6. The minimum atomic E-state index is -0.250. The SMILES string of the molecule is CCCn1cc(C(=O)NCCNc2nc(C)nc(N(C)C)n2)nn1. The highest BCUT2D eigenvalue weighted by atomic mass is 16.2. The third-order valence-corrected chi connectivity index (χ3v) is 3.05. The molecule has 0 aliphatic rings. The van der Waals surface area contributed by atoms with E-state index >= 15 is 0 Å². The first kappa shape index (κ1) is 17.6. The average Bonchev–Trinajstić information content (AvgIpc) is 3.00. The van der Waals surface area contributed by atoms with Crippen molar-refractivity contribution in [3.8, 4) is 0 Å². The highest BCUT2D eigenvalue weighted by Crippen LogP contribution is 2.06. The molecule has 0 spiro atoms. The van der Waals surface area contributed by atoms with Crippen LogP contribution in [0.1, 0.15) is 29.7 Å². The molecule has 2 aromatic heterocycles. The molecule has 0 aliphatic carbocycles. The highest BCUT2D eigenvalue weighted by Gasteiger charge is 2.10. The summed E-state index contributed by atoms with van der Waals surface area (Å²) in [5.41, 5.74) is 0.314. The summed E-state index contributed by atoms with van der Waals surface area (Å²) < 4.78 is 1.66. The van der Waals surface area contributed by atoms with Crippen LogP contribution in [0, 0.1) is 6.92 Å².